The first-order valence-corrected chi connectivity index (χ1v) is 8.98. The maximum Gasteiger partial charge on any atom is 1.00 e. The zero-order valence-electron chi connectivity index (χ0n) is 15.2. The number of nitrogens with zero attached hydrogens (tertiary/aromatic N) is 3. The number of benzene rings is 1. The van der Waals surface area contributed by atoms with Crippen molar-refractivity contribution in [3.05, 3.63) is 24.3 Å². The van der Waals surface area contributed by atoms with Crippen LogP contribution in [0.5, 0.6) is 0 Å². The van der Waals surface area contributed by atoms with Gasteiger partial charge in [0, 0.05) is 0 Å². The SMILES string of the molecule is CC(C)(C)OC(=O)N[C@@H](CS(=O)(=O)[O-])C(=O)On1nnc2ccccc21.[Na+]. The molecule has 1 N–H and O–H groups in total. The Morgan fingerprint density at radius 3 is 2.52 bits per heavy atom. The normalized spacial score (nSPS) is 12.7. The van der Waals surface area contributed by atoms with Crippen molar-refractivity contribution in [3.63, 3.8) is 0 Å². The predicted octanol–water partition coefficient (Wildman–Crippen LogP) is -3.17. The first-order chi connectivity index (χ1) is 11.9. The molecule has 0 saturated heterocycles. The van der Waals surface area contributed by atoms with Crippen molar-refractivity contribution in [2.75, 3.05) is 5.75 Å². The van der Waals surface area contributed by atoms with E-state index in [4.69, 9.17) is 9.57 Å². The molecule has 2 aromatic rings. The molecule has 0 spiro atoms. The third-order valence-corrected chi connectivity index (χ3v) is 3.59. The number of fused-ring (bicyclic) bond motifs is 1. The van der Waals surface area contributed by atoms with Gasteiger partial charge in [0.05, 0.1) is 15.9 Å². The topological polar surface area (TPSA) is 153 Å². The van der Waals surface area contributed by atoms with E-state index < -0.39 is 39.6 Å². The van der Waals surface area contributed by atoms with Gasteiger partial charge in [-0.1, -0.05) is 17.0 Å². The maximum absolute atomic E-state index is 12.2. The van der Waals surface area contributed by atoms with E-state index in [1.54, 1.807) is 45.0 Å². The molecule has 27 heavy (non-hydrogen) atoms. The van der Waals surface area contributed by atoms with Crippen LogP contribution < -0.4 is 39.7 Å². The summed E-state index contributed by atoms with van der Waals surface area (Å²) in [5, 5.41) is 9.38. The second-order valence-corrected chi connectivity index (χ2v) is 7.73. The van der Waals surface area contributed by atoms with Gasteiger partial charge in [-0.15, -0.1) is 5.10 Å². The number of alkyl carbamates (subject to hydrolysis) is 1. The number of nitrogens with one attached hydrogen (secondary N) is 1. The van der Waals surface area contributed by atoms with Crippen LogP contribution in [-0.4, -0.2) is 57.6 Å². The van der Waals surface area contributed by atoms with Crippen molar-refractivity contribution in [1.82, 2.24) is 20.5 Å². The number of ether oxygens (including phenoxy) is 1. The van der Waals surface area contributed by atoms with Gasteiger partial charge in [-0.05, 0) is 38.1 Å². The molecule has 1 amide bonds. The Morgan fingerprint density at radius 2 is 1.93 bits per heavy atom. The summed E-state index contributed by atoms with van der Waals surface area (Å²) in [5.74, 6) is -2.43. The standard InChI is InChI=1S/C14H18N4O7S.Na/c1-14(2,3)24-13(20)15-10(8-26(21,22)23)12(19)25-18-11-7-5-4-6-9(11)16-17-18;/h4-7,10H,8H2,1-3H3,(H,15,20)(H,21,22,23);/q;+1/p-1/t10-;/m0./s1. The second-order valence-electron chi connectivity index (χ2n) is 6.28. The summed E-state index contributed by atoms with van der Waals surface area (Å²) in [4.78, 5) is 29.8. The molecule has 1 aromatic carbocycles. The molecule has 0 aliphatic heterocycles. The quantitative estimate of drug-likeness (QED) is 0.307. The van der Waals surface area contributed by atoms with E-state index in [1.807, 2.05) is 5.32 Å². The van der Waals surface area contributed by atoms with E-state index in [-0.39, 0.29) is 29.6 Å². The predicted molar refractivity (Wildman–Crippen MR) is 86.8 cm³/mol. The average Bonchev–Trinajstić information content (AvgIpc) is 2.86. The Kier molecular flexibility index (Phi) is 7.75. The van der Waals surface area contributed by atoms with E-state index in [1.165, 1.54) is 0 Å². The minimum Gasteiger partial charge on any atom is -0.748 e. The van der Waals surface area contributed by atoms with Crippen molar-refractivity contribution in [1.29, 1.82) is 0 Å². The summed E-state index contributed by atoms with van der Waals surface area (Å²) in [6.07, 6.45) is -1.08. The summed E-state index contributed by atoms with van der Waals surface area (Å²) in [6.45, 7) is 4.73. The fourth-order valence-electron chi connectivity index (χ4n) is 1.89. The summed E-state index contributed by atoms with van der Waals surface area (Å²) < 4.78 is 38.1. The van der Waals surface area contributed by atoms with Gasteiger partial charge in [0.1, 0.15) is 22.7 Å². The number of hydrogen-bond donors (Lipinski definition) is 1. The molecule has 1 atom stereocenters. The number of carbonyl (C=O) groups excluding carboxylic acids is 2. The van der Waals surface area contributed by atoms with Gasteiger partial charge in [0.15, 0.2) is 0 Å². The summed E-state index contributed by atoms with van der Waals surface area (Å²) in [6, 6.07) is 4.73. The van der Waals surface area contributed by atoms with Crippen molar-refractivity contribution in [2.24, 2.45) is 0 Å². The third kappa shape index (κ3) is 7.42. The van der Waals surface area contributed by atoms with Crippen LogP contribution in [0.3, 0.4) is 0 Å². The summed E-state index contributed by atoms with van der Waals surface area (Å²) >= 11 is 0. The largest absolute Gasteiger partial charge is 1.00 e. The molecule has 1 heterocycles. The van der Waals surface area contributed by atoms with Gasteiger partial charge >= 0.3 is 41.6 Å². The smallest absolute Gasteiger partial charge is 0.748 e. The van der Waals surface area contributed by atoms with Crippen LogP contribution in [0.15, 0.2) is 24.3 Å². The molecule has 0 saturated carbocycles. The molecule has 0 aliphatic rings. The molecule has 0 bridgehead atoms. The molecule has 1 aromatic heterocycles. The number of carbonyl (C=O) groups is 2. The monoisotopic (exact) mass is 408 g/mol. The van der Waals surface area contributed by atoms with E-state index >= 15 is 0 Å². The molecular formula is C14H17N4NaO7S. The Morgan fingerprint density at radius 1 is 1.30 bits per heavy atom. The first-order valence-electron chi connectivity index (χ1n) is 7.40. The molecule has 142 valence electrons. The Labute approximate surface area is 177 Å². The van der Waals surface area contributed by atoms with Gasteiger partial charge in [0.2, 0.25) is 0 Å². The van der Waals surface area contributed by atoms with Crippen LogP contribution in [0.2, 0.25) is 0 Å². The van der Waals surface area contributed by atoms with E-state index in [9.17, 15) is 22.6 Å². The second kappa shape index (κ2) is 8.97. The molecule has 2 rings (SSSR count). The molecule has 0 unspecified atom stereocenters. The van der Waals surface area contributed by atoms with Crippen LogP contribution in [0, 0.1) is 0 Å². The average molecular weight is 408 g/mol. The van der Waals surface area contributed by atoms with Crippen LogP contribution in [-0.2, 0) is 19.6 Å². The van der Waals surface area contributed by atoms with E-state index in [2.05, 4.69) is 10.3 Å². The fraction of sp³-hybridized carbons (Fsp3) is 0.429. The summed E-state index contributed by atoms with van der Waals surface area (Å²) in [5.41, 5.74) is -0.132. The fourth-order valence-corrected chi connectivity index (χ4v) is 2.51. The number of amides is 1. The minimum atomic E-state index is -4.85. The number of rotatable bonds is 5. The van der Waals surface area contributed by atoms with Gasteiger partial charge in [-0.2, -0.15) is 0 Å². The molecule has 11 nitrogen and oxygen atoms in total. The van der Waals surface area contributed by atoms with Gasteiger partial charge in [0.25, 0.3) is 0 Å². The third-order valence-electron chi connectivity index (χ3n) is 2.84. The molecular weight excluding hydrogens is 391 g/mol. The van der Waals surface area contributed by atoms with Crippen LogP contribution in [0.4, 0.5) is 4.79 Å². The molecule has 13 heteroatoms. The number of hydrogen-bond acceptors (Lipinski definition) is 9. The van der Waals surface area contributed by atoms with Crippen LogP contribution in [0.25, 0.3) is 11.0 Å². The number of para-hydroxylation sites is 1. The van der Waals surface area contributed by atoms with Crippen molar-refractivity contribution in [2.45, 2.75) is 32.4 Å². The van der Waals surface area contributed by atoms with Gasteiger partial charge in [-0.25, -0.2) is 18.0 Å². The zero-order valence-corrected chi connectivity index (χ0v) is 18.0. The van der Waals surface area contributed by atoms with Crippen molar-refractivity contribution < 1.29 is 61.7 Å². The van der Waals surface area contributed by atoms with E-state index in [0.717, 1.165) is 4.85 Å². The summed E-state index contributed by atoms with van der Waals surface area (Å²) in [7, 11) is -4.85. The van der Waals surface area contributed by atoms with Gasteiger partial charge < -0.3 is 19.4 Å². The molecule has 0 aliphatic carbocycles. The number of aromatic nitrogens is 3. The zero-order chi connectivity index (χ0) is 19.5. The van der Waals surface area contributed by atoms with Gasteiger partial charge in [-0.3, -0.25) is 0 Å². The minimum absolute atomic E-state index is 0. The Hall–Kier alpha value is -1.73. The Bertz CT molecular complexity index is 923. The molecule has 0 fully saturated rings. The van der Waals surface area contributed by atoms with Crippen LogP contribution >= 0.6 is 0 Å². The van der Waals surface area contributed by atoms with Crippen molar-refractivity contribution in [3.8, 4) is 0 Å². The van der Waals surface area contributed by atoms with E-state index in [0.29, 0.717) is 11.0 Å². The van der Waals surface area contributed by atoms with Crippen molar-refractivity contribution >= 4 is 33.2 Å². The molecule has 0 radical (unpaired) electrons. The first kappa shape index (κ1) is 23.3. The Balaban J connectivity index is 0.00000364. The van der Waals surface area contributed by atoms with Crippen LogP contribution in [0.1, 0.15) is 20.8 Å². The maximum atomic E-state index is 12.2.